The first-order chi connectivity index (χ1) is 8.99. The van der Waals surface area contributed by atoms with Crippen LogP contribution in [0.3, 0.4) is 0 Å². The molecule has 98 valence electrons. The standard InChI is InChI=1S/C16H16INO/c1-10-7-8-13(9-14(10)17)18-16(19)15-11(2)5-4-6-12(15)3/h4-9H,1-3H3,(H,18,19). The molecule has 0 aliphatic heterocycles. The Hall–Kier alpha value is -1.36. The Morgan fingerprint density at radius 1 is 1.00 bits per heavy atom. The van der Waals surface area contributed by atoms with Crippen LogP contribution in [0.2, 0.25) is 0 Å². The van der Waals surface area contributed by atoms with Crippen molar-refractivity contribution in [3.63, 3.8) is 0 Å². The number of carbonyl (C=O) groups is 1. The zero-order valence-electron chi connectivity index (χ0n) is 11.3. The quantitative estimate of drug-likeness (QED) is 0.782. The lowest BCUT2D eigenvalue weighted by atomic mass is 10.0. The number of hydrogen-bond donors (Lipinski definition) is 1. The Morgan fingerprint density at radius 3 is 2.21 bits per heavy atom. The molecule has 2 nitrogen and oxygen atoms in total. The molecule has 1 amide bonds. The summed E-state index contributed by atoms with van der Waals surface area (Å²) in [7, 11) is 0. The van der Waals surface area contributed by atoms with Crippen molar-refractivity contribution in [3.8, 4) is 0 Å². The normalized spacial score (nSPS) is 10.3. The highest BCUT2D eigenvalue weighted by Crippen LogP contribution is 2.19. The number of benzene rings is 2. The second-order valence-corrected chi connectivity index (χ2v) is 5.85. The fraction of sp³-hybridized carbons (Fsp3) is 0.188. The fourth-order valence-electron chi connectivity index (χ4n) is 2.04. The number of amides is 1. The van der Waals surface area contributed by atoms with Crippen LogP contribution in [-0.4, -0.2) is 5.91 Å². The van der Waals surface area contributed by atoms with E-state index in [1.165, 1.54) is 5.56 Å². The summed E-state index contributed by atoms with van der Waals surface area (Å²) >= 11 is 2.27. The molecule has 0 aliphatic rings. The van der Waals surface area contributed by atoms with E-state index in [0.717, 1.165) is 25.9 Å². The number of rotatable bonds is 2. The third-order valence-electron chi connectivity index (χ3n) is 3.14. The first kappa shape index (κ1) is 14.1. The zero-order chi connectivity index (χ0) is 14.0. The van der Waals surface area contributed by atoms with Gasteiger partial charge in [0.15, 0.2) is 0 Å². The summed E-state index contributed by atoms with van der Waals surface area (Å²) in [6.45, 7) is 5.97. The molecule has 1 N–H and O–H groups in total. The van der Waals surface area contributed by atoms with E-state index in [1.807, 2.05) is 50.2 Å². The Bertz CT molecular complexity index is 614. The van der Waals surface area contributed by atoms with E-state index in [0.29, 0.717) is 0 Å². The van der Waals surface area contributed by atoms with E-state index in [9.17, 15) is 4.79 Å². The van der Waals surface area contributed by atoms with Crippen molar-refractivity contribution in [2.24, 2.45) is 0 Å². The molecule has 0 unspecified atom stereocenters. The van der Waals surface area contributed by atoms with E-state index in [-0.39, 0.29) is 5.91 Å². The van der Waals surface area contributed by atoms with Gasteiger partial charge in [0, 0.05) is 14.8 Å². The molecular formula is C16H16INO. The van der Waals surface area contributed by atoms with Crippen LogP contribution in [0, 0.1) is 24.3 Å². The van der Waals surface area contributed by atoms with Crippen molar-refractivity contribution in [1.29, 1.82) is 0 Å². The van der Waals surface area contributed by atoms with E-state index in [2.05, 4.69) is 34.8 Å². The lowest BCUT2D eigenvalue weighted by Crippen LogP contribution is -2.15. The van der Waals surface area contributed by atoms with E-state index < -0.39 is 0 Å². The number of anilines is 1. The van der Waals surface area contributed by atoms with Crippen molar-refractivity contribution in [2.75, 3.05) is 5.32 Å². The summed E-state index contributed by atoms with van der Waals surface area (Å²) in [6.07, 6.45) is 0. The predicted octanol–water partition coefficient (Wildman–Crippen LogP) is 4.47. The molecular weight excluding hydrogens is 349 g/mol. The molecule has 0 spiro atoms. The van der Waals surface area contributed by atoms with Crippen molar-refractivity contribution >= 4 is 34.2 Å². The Balaban J connectivity index is 2.28. The summed E-state index contributed by atoms with van der Waals surface area (Å²) in [5.74, 6) is -0.0461. The van der Waals surface area contributed by atoms with Gasteiger partial charge in [0.25, 0.3) is 5.91 Å². The lowest BCUT2D eigenvalue weighted by Gasteiger charge is -2.11. The molecule has 0 aliphatic carbocycles. The minimum absolute atomic E-state index is 0.0461. The number of aryl methyl sites for hydroxylation is 3. The highest BCUT2D eigenvalue weighted by Gasteiger charge is 2.12. The molecule has 2 aromatic rings. The summed E-state index contributed by atoms with van der Waals surface area (Å²) in [5.41, 5.74) is 4.81. The van der Waals surface area contributed by atoms with Gasteiger partial charge in [-0.3, -0.25) is 4.79 Å². The van der Waals surface area contributed by atoms with Crippen LogP contribution in [0.25, 0.3) is 0 Å². The zero-order valence-corrected chi connectivity index (χ0v) is 13.4. The van der Waals surface area contributed by atoms with Gasteiger partial charge in [0.1, 0.15) is 0 Å². The van der Waals surface area contributed by atoms with Gasteiger partial charge in [0.2, 0.25) is 0 Å². The maximum Gasteiger partial charge on any atom is 0.256 e. The molecule has 2 rings (SSSR count). The number of nitrogens with one attached hydrogen (secondary N) is 1. The van der Waals surface area contributed by atoms with Crippen LogP contribution in [-0.2, 0) is 0 Å². The smallest absolute Gasteiger partial charge is 0.256 e. The van der Waals surface area contributed by atoms with Gasteiger partial charge < -0.3 is 5.32 Å². The van der Waals surface area contributed by atoms with E-state index in [4.69, 9.17) is 0 Å². The van der Waals surface area contributed by atoms with Gasteiger partial charge in [-0.25, -0.2) is 0 Å². The van der Waals surface area contributed by atoms with Gasteiger partial charge in [-0.1, -0.05) is 24.3 Å². The van der Waals surface area contributed by atoms with Crippen LogP contribution in [0.4, 0.5) is 5.69 Å². The van der Waals surface area contributed by atoms with Crippen LogP contribution >= 0.6 is 22.6 Å². The fourth-order valence-corrected chi connectivity index (χ4v) is 2.55. The molecule has 0 aromatic heterocycles. The minimum Gasteiger partial charge on any atom is -0.322 e. The van der Waals surface area contributed by atoms with Gasteiger partial charge in [0.05, 0.1) is 0 Å². The van der Waals surface area contributed by atoms with Gasteiger partial charge >= 0.3 is 0 Å². The van der Waals surface area contributed by atoms with Crippen molar-refractivity contribution in [3.05, 3.63) is 62.2 Å². The molecule has 0 fully saturated rings. The summed E-state index contributed by atoms with van der Waals surface area (Å²) in [5, 5.41) is 2.96. The highest BCUT2D eigenvalue weighted by molar-refractivity contribution is 14.1. The predicted molar refractivity (Wildman–Crippen MR) is 87.8 cm³/mol. The average Bonchev–Trinajstić information content (AvgIpc) is 2.33. The van der Waals surface area contributed by atoms with Crippen molar-refractivity contribution in [1.82, 2.24) is 0 Å². The second-order valence-electron chi connectivity index (χ2n) is 4.68. The molecule has 0 radical (unpaired) electrons. The Labute approximate surface area is 127 Å². The van der Waals surface area contributed by atoms with Crippen molar-refractivity contribution < 1.29 is 4.79 Å². The van der Waals surface area contributed by atoms with E-state index in [1.54, 1.807) is 0 Å². The number of hydrogen-bond acceptors (Lipinski definition) is 1. The number of carbonyl (C=O) groups excluding carboxylic acids is 1. The summed E-state index contributed by atoms with van der Waals surface area (Å²) < 4.78 is 1.15. The average molecular weight is 365 g/mol. The molecule has 2 aromatic carbocycles. The Kier molecular flexibility index (Phi) is 4.24. The second kappa shape index (κ2) is 5.74. The maximum atomic E-state index is 12.3. The maximum absolute atomic E-state index is 12.3. The third-order valence-corrected chi connectivity index (χ3v) is 4.30. The van der Waals surface area contributed by atoms with Crippen LogP contribution in [0.1, 0.15) is 27.0 Å². The highest BCUT2D eigenvalue weighted by atomic mass is 127. The van der Waals surface area contributed by atoms with Crippen LogP contribution < -0.4 is 5.32 Å². The molecule has 19 heavy (non-hydrogen) atoms. The topological polar surface area (TPSA) is 29.1 Å². The lowest BCUT2D eigenvalue weighted by molar-refractivity contribution is 0.102. The van der Waals surface area contributed by atoms with Crippen molar-refractivity contribution in [2.45, 2.75) is 20.8 Å². The first-order valence-corrected chi connectivity index (χ1v) is 7.20. The third kappa shape index (κ3) is 3.15. The molecule has 0 saturated carbocycles. The van der Waals surface area contributed by atoms with Gasteiger partial charge in [-0.2, -0.15) is 0 Å². The molecule has 0 atom stereocenters. The Morgan fingerprint density at radius 2 is 1.63 bits per heavy atom. The molecule has 0 heterocycles. The molecule has 3 heteroatoms. The first-order valence-electron chi connectivity index (χ1n) is 6.13. The molecule has 0 saturated heterocycles. The largest absolute Gasteiger partial charge is 0.322 e. The molecule has 0 bridgehead atoms. The van der Waals surface area contributed by atoms with Gasteiger partial charge in [-0.05, 0) is 72.2 Å². The number of halogens is 1. The summed E-state index contributed by atoms with van der Waals surface area (Å²) in [4.78, 5) is 12.3. The minimum atomic E-state index is -0.0461. The monoisotopic (exact) mass is 365 g/mol. The van der Waals surface area contributed by atoms with Crippen LogP contribution in [0.15, 0.2) is 36.4 Å². The summed E-state index contributed by atoms with van der Waals surface area (Å²) in [6, 6.07) is 11.8. The van der Waals surface area contributed by atoms with Gasteiger partial charge in [-0.15, -0.1) is 0 Å². The van der Waals surface area contributed by atoms with E-state index >= 15 is 0 Å². The SMILES string of the molecule is Cc1ccc(NC(=O)c2c(C)cccc2C)cc1I. The van der Waals surface area contributed by atoms with Crippen LogP contribution in [0.5, 0.6) is 0 Å².